The number of carbonyl (C=O) groups is 2. The van der Waals surface area contributed by atoms with Crippen LogP contribution in [0.15, 0.2) is 0 Å². The highest BCUT2D eigenvalue weighted by molar-refractivity contribution is 5.88. The molecule has 0 spiro atoms. The van der Waals surface area contributed by atoms with Crippen LogP contribution in [0.1, 0.15) is 46.5 Å². The zero-order chi connectivity index (χ0) is 12.6. The molecule has 0 aromatic carbocycles. The van der Waals surface area contributed by atoms with Gasteiger partial charge in [-0.25, -0.2) is 0 Å². The summed E-state index contributed by atoms with van der Waals surface area (Å²) >= 11 is 0. The maximum Gasteiger partial charge on any atom is 0.223 e. The van der Waals surface area contributed by atoms with Gasteiger partial charge >= 0.3 is 0 Å². The smallest absolute Gasteiger partial charge is 0.223 e. The van der Waals surface area contributed by atoms with Gasteiger partial charge in [-0.1, -0.05) is 26.7 Å². The van der Waals surface area contributed by atoms with Crippen molar-refractivity contribution >= 4 is 11.7 Å². The van der Waals surface area contributed by atoms with E-state index in [1.807, 2.05) is 13.8 Å². The van der Waals surface area contributed by atoms with Crippen LogP contribution in [-0.4, -0.2) is 29.4 Å². The highest BCUT2D eigenvalue weighted by atomic mass is 16.3. The van der Waals surface area contributed by atoms with E-state index in [0.29, 0.717) is 0 Å². The topological polar surface area (TPSA) is 66.4 Å². The summed E-state index contributed by atoms with van der Waals surface area (Å²) in [7, 11) is 0. The van der Waals surface area contributed by atoms with E-state index in [4.69, 9.17) is 5.11 Å². The first-order chi connectivity index (χ1) is 7.56. The Balaban J connectivity index is 4.32. The number of ketones is 1. The number of hydrogen-bond acceptors (Lipinski definition) is 3. The average molecular weight is 229 g/mol. The molecule has 1 atom stereocenters. The monoisotopic (exact) mass is 229 g/mol. The molecular formula is C12H23NO3. The SMILES string of the molecule is CCCC(CCC)C(=O)N[C@@H](CO)C(C)=O. The van der Waals surface area contributed by atoms with Gasteiger partial charge in [-0.3, -0.25) is 9.59 Å². The van der Waals surface area contributed by atoms with E-state index < -0.39 is 6.04 Å². The summed E-state index contributed by atoms with van der Waals surface area (Å²) in [6, 6.07) is -0.747. The zero-order valence-electron chi connectivity index (χ0n) is 10.5. The second-order valence-corrected chi connectivity index (χ2v) is 4.13. The molecule has 0 aliphatic rings. The predicted octanol–water partition coefficient (Wildman–Crippen LogP) is 1.27. The van der Waals surface area contributed by atoms with E-state index in [0.717, 1.165) is 25.7 Å². The van der Waals surface area contributed by atoms with E-state index in [1.54, 1.807) is 0 Å². The van der Waals surface area contributed by atoms with Crippen LogP contribution >= 0.6 is 0 Å². The lowest BCUT2D eigenvalue weighted by molar-refractivity contribution is -0.130. The fourth-order valence-electron chi connectivity index (χ4n) is 1.67. The van der Waals surface area contributed by atoms with Crippen molar-refractivity contribution in [2.45, 2.75) is 52.5 Å². The number of aliphatic hydroxyl groups is 1. The minimum absolute atomic E-state index is 0.0385. The minimum atomic E-state index is -0.747. The lowest BCUT2D eigenvalue weighted by atomic mass is 9.97. The van der Waals surface area contributed by atoms with E-state index in [1.165, 1.54) is 6.92 Å². The normalized spacial score (nSPS) is 12.6. The van der Waals surface area contributed by atoms with Crippen LogP contribution in [0.5, 0.6) is 0 Å². The van der Waals surface area contributed by atoms with Crippen LogP contribution in [-0.2, 0) is 9.59 Å². The lowest BCUT2D eigenvalue weighted by Gasteiger charge is -2.19. The van der Waals surface area contributed by atoms with Crippen molar-refractivity contribution in [3.8, 4) is 0 Å². The van der Waals surface area contributed by atoms with E-state index in [-0.39, 0.29) is 24.2 Å². The van der Waals surface area contributed by atoms with Gasteiger partial charge in [0.2, 0.25) is 5.91 Å². The third-order valence-electron chi connectivity index (χ3n) is 2.63. The maximum absolute atomic E-state index is 11.8. The molecule has 0 aliphatic carbocycles. The standard InChI is InChI=1S/C12H23NO3/c1-4-6-10(7-5-2)12(16)13-11(8-14)9(3)15/h10-11,14H,4-8H2,1-3H3,(H,13,16)/t11-/m0/s1. The van der Waals surface area contributed by atoms with Crippen molar-refractivity contribution in [2.75, 3.05) is 6.61 Å². The largest absolute Gasteiger partial charge is 0.394 e. The summed E-state index contributed by atoms with van der Waals surface area (Å²) in [6.45, 7) is 5.11. The summed E-state index contributed by atoms with van der Waals surface area (Å²) in [6.07, 6.45) is 3.55. The molecule has 0 saturated heterocycles. The highest BCUT2D eigenvalue weighted by Crippen LogP contribution is 2.13. The Labute approximate surface area is 97.4 Å². The van der Waals surface area contributed by atoms with Crippen LogP contribution in [0.4, 0.5) is 0 Å². The van der Waals surface area contributed by atoms with E-state index in [9.17, 15) is 9.59 Å². The van der Waals surface area contributed by atoms with Crippen molar-refractivity contribution in [2.24, 2.45) is 5.92 Å². The molecule has 0 bridgehead atoms. The van der Waals surface area contributed by atoms with Gasteiger partial charge in [0.15, 0.2) is 5.78 Å². The molecule has 2 N–H and O–H groups in total. The number of hydrogen-bond donors (Lipinski definition) is 2. The van der Waals surface area contributed by atoms with Crippen LogP contribution in [0.3, 0.4) is 0 Å². The van der Waals surface area contributed by atoms with Gasteiger partial charge in [0.05, 0.1) is 6.61 Å². The average Bonchev–Trinajstić information content (AvgIpc) is 2.24. The van der Waals surface area contributed by atoms with Gasteiger partial charge in [-0.2, -0.15) is 0 Å². The first-order valence-corrected chi connectivity index (χ1v) is 5.98. The molecule has 1 amide bonds. The van der Waals surface area contributed by atoms with Gasteiger partial charge < -0.3 is 10.4 Å². The van der Waals surface area contributed by atoms with E-state index in [2.05, 4.69) is 5.32 Å². The molecular weight excluding hydrogens is 206 g/mol. The van der Waals surface area contributed by atoms with Gasteiger partial charge in [0, 0.05) is 5.92 Å². The summed E-state index contributed by atoms with van der Waals surface area (Å²) < 4.78 is 0. The number of Topliss-reactive ketones (excluding diaryl/α,β-unsaturated/α-hetero) is 1. The van der Waals surface area contributed by atoms with Crippen LogP contribution in [0, 0.1) is 5.92 Å². The lowest BCUT2D eigenvalue weighted by Crippen LogP contribution is -2.45. The zero-order valence-corrected chi connectivity index (χ0v) is 10.5. The van der Waals surface area contributed by atoms with Gasteiger partial charge in [-0.15, -0.1) is 0 Å². The molecule has 0 fully saturated rings. The van der Waals surface area contributed by atoms with Crippen molar-refractivity contribution in [1.82, 2.24) is 5.32 Å². The molecule has 16 heavy (non-hydrogen) atoms. The molecule has 0 unspecified atom stereocenters. The van der Waals surface area contributed by atoms with Crippen molar-refractivity contribution in [3.63, 3.8) is 0 Å². The third kappa shape index (κ3) is 5.26. The van der Waals surface area contributed by atoms with Crippen LogP contribution in [0.2, 0.25) is 0 Å². The molecule has 0 radical (unpaired) electrons. The fourth-order valence-corrected chi connectivity index (χ4v) is 1.67. The Morgan fingerprint density at radius 2 is 1.69 bits per heavy atom. The van der Waals surface area contributed by atoms with Crippen LogP contribution < -0.4 is 5.32 Å². The second-order valence-electron chi connectivity index (χ2n) is 4.13. The highest BCUT2D eigenvalue weighted by Gasteiger charge is 2.21. The van der Waals surface area contributed by atoms with Gasteiger partial charge in [-0.05, 0) is 19.8 Å². The molecule has 0 heterocycles. The fraction of sp³-hybridized carbons (Fsp3) is 0.833. The van der Waals surface area contributed by atoms with E-state index >= 15 is 0 Å². The summed E-state index contributed by atoms with van der Waals surface area (Å²) in [4.78, 5) is 22.9. The number of nitrogens with one attached hydrogen (secondary N) is 1. The molecule has 4 heteroatoms. The number of amides is 1. The minimum Gasteiger partial charge on any atom is -0.394 e. The Morgan fingerprint density at radius 3 is 2.00 bits per heavy atom. The van der Waals surface area contributed by atoms with Gasteiger partial charge in [0.25, 0.3) is 0 Å². The Kier molecular flexibility index (Phi) is 7.81. The quantitative estimate of drug-likeness (QED) is 0.658. The summed E-state index contributed by atoms with van der Waals surface area (Å²) in [5, 5.41) is 11.5. The molecule has 0 aromatic heterocycles. The second kappa shape index (κ2) is 8.28. The van der Waals surface area contributed by atoms with Crippen molar-refractivity contribution in [3.05, 3.63) is 0 Å². The van der Waals surface area contributed by atoms with Crippen molar-refractivity contribution in [1.29, 1.82) is 0 Å². The molecule has 0 aliphatic heterocycles. The number of aliphatic hydroxyl groups excluding tert-OH is 1. The van der Waals surface area contributed by atoms with Crippen molar-refractivity contribution < 1.29 is 14.7 Å². The summed E-state index contributed by atoms with van der Waals surface area (Å²) in [5.74, 6) is -0.357. The Bertz CT molecular complexity index is 222. The van der Waals surface area contributed by atoms with Crippen LogP contribution in [0.25, 0.3) is 0 Å². The molecule has 94 valence electrons. The molecule has 0 saturated carbocycles. The first-order valence-electron chi connectivity index (χ1n) is 5.98. The molecule has 4 nitrogen and oxygen atoms in total. The van der Waals surface area contributed by atoms with Gasteiger partial charge in [0.1, 0.15) is 6.04 Å². The first kappa shape index (κ1) is 15.1. The third-order valence-corrected chi connectivity index (χ3v) is 2.63. The number of carbonyl (C=O) groups excluding carboxylic acids is 2. The Hall–Kier alpha value is -0.900. The maximum atomic E-state index is 11.8. The molecule has 0 rings (SSSR count). The number of rotatable bonds is 8. The predicted molar refractivity (Wildman–Crippen MR) is 63.0 cm³/mol. The summed E-state index contributed by atoms with van der Waals surface area (Å²) in [5.41, 5.74) is 0. The Morgan fingerprint density at radius 1 is 1.19 bits per heavy atom. The molecule has 0 aromatic rings.